The Morgan fingerprint density at radius 3 is 2.08 bits per heavy atom. The van der Waals surface area contributed by atoms with Crippen LogP contribution in [0.2, 0.25) is 0 Å². The zero-order chi connectivity index (χ0) is 17.9. The molecular weight excluding hydrogens is 300 g/mol. The molecule has 0 bridgehead atoms. The van der Waals surface area contributed by atoms with Gasteiger partial charge in [-0.2, -0.15) is 5.26 Å². The van der Waals surface area contributed by atoms with E-state index in [1.807, 2.05) is 68.9 Å². The maximum absolute atomic E-state index is 12.4. The van der Waals surface area contributed by atoms with Gasteiger partial charge in [-0.25, -0.2) is 0 Å². The molecule has 1 heterocycles. The van der Waals surface area contributed by atoms with E-state index in [9.17, 15) is 10.1 Å². The van der Waals surface area contributed by atoms with Crippen molar-refractivity contribution in [1.29, 1.82) is 5.26 Å². The van der Waals surface area contributed by atoms with Crippen LogP contribution in [0.5, 0.6) is 0 Å². The van der Waals surface area contributed by atoms with E-state index in [4.69, 9.17) is 0 Å². The largest absolute Gasteiger partial charge is 0.378 e. The van der Waals surface area contributed by atoms with Gasteiger partial charge in [0.2, 0.25) is 5.91 Å². The molecule has 5 heteroatoms. The highest BCUT2D eigenvalue weighted by Gasteiger charge is 2.31. The Balaban J connectivity index is 2.03. The van der Waals surface area contributed by atoms with E-state index in [0.717, 1.165) is 24.3 Å². The zero-order valence-electron chi connectivity index (χ0n) is 15.4. The Hall–Kier alpha value is -2.06. The summed E-state index contributed by atoms with van der Waals surface area (Å²) in [5.41, 5.74) is 1.79. The molecule has 5 nitrogen and oxygen atoms in total. The lowest BCUT2D eigenvalue weighted by Gasteiger charge is -2.39. The maximum atomic E-state index is 12.4. The van der Waals surface area contributed by atoms with E-state index < -0.39 is 0 Å². The summed E-state index contributed by atoms with van der Waals surface area (Å²) in [7, 11) is 4.00. The SMILES string of the molecule is CN(C)c1ccc(C(C#N)N2CCN(C(=O)C(C)(C)C)CC2)cc1. The highest BCUT2D eigenvalue weighted by atomic mass is 16.2. The van der Waals surface area contributed by atoms with Gasteiger partial charge in [-0.1, -0.05) is 32.9 Å². The van der Waals surface area contributed by atoms with Crippen molar-refractivity contribution < 1.29 is 4.79 Å². The van der Waals surface area contributed by atoms with E-state index in [-0.39, 0.29) is 17.4 Å². The molecule has 0 aromatic heterocycles. The average Bonchev–Trinajstić information content (AvgIpc) is 2.55. The number of nitrogens with zero attached hydrogens (tertiary/aromatic N) is 4. The second-order valence-corrected chi connectivity index (χ2v) is 7.60. The molecule has 2 rings (SSSR count). The number of carbonyl (C=O) groups is 1. The van der Waals surface area contributed by atoms with Crippen molar-refractivity contribution in [1.82, 2.24) is 9.80 Å². The Morgan fingerprint density at radius 1 is 1.12 bits per heavy atom. The number of nitriles is 1. The minimum atomic E-state index is -0.348. The number of benzene rings is 1. The molecule has 1 aliphatic rings. The minimum Gasteiger partial charge on any atom is -0.378 e. The monoisotopic (exact) mass is 328 g/mol. The van der Waals surface area contributed by atoms with Gasteiger partial charge in [0.1, 0.15) is 6.04 Å². The van der Waals surface area contributed by atoms with Crippen LogP contribution in [-0.4, -0.2) is 56.0 Å². The van der Waals surface area contributed by atoms with Crippen LogP contribution in [0.25, 0.3) is 0 Å². The molecule has 0 N–H and O–H groups in total. The highest BCUT2D eigenvalue weighted by molar-refractivity contribution is 5.81. The molecular formula is C19H28N4O. The minimum absolute atomic E-state index is 0.186. The predicted molar refractivity (Wildman–Crippen MR) is 96.7 cm³/mol. The van der Waals surface area contributed by atoms with Crippen LogP contribution in [0.1, 0.15) is 32.4 Å². The number of hydrogen-bond acceptors (Lipinski definition) is 4. The average molecular weight is 328 g/mol. The number of rotatable bonds is 3. The van der Waals surface area contributed by atoms with Crippen molar-refractivity contribution in [3.8, 4) is 6.07 Å². The van der Waals surface area contributed by atoms with E-state index in [1.165, 1.54) is 0 Å². The van der Waals surface area contributed by atoms with Gasteiger partial charge in [-0.3, -0.25) is 9.69 Å². The summed E-state index contributed by atoms with van der Waals surface area (Å²) in [6.07, 6.45) is 0. The van der Waals surface area contributed by atoms with Gasteiger partial charge in [0.15, 0.2) is 0 Å². The standard InChI is InChI=1S/C19H28N4O/c1-19(2,3)18(24)23-12-10-22(11-13-23)17(14-20)15-6-8-16(9-7-15)21(4)5/h6-9,17H,10-13H2,1-5H3. The van der Waals surface area contributed by atoms with Crippen molar-refractivity contribution in [2.45, 2.75) is 26.8 Å². The molecule has 0 saturated carbocycles. The summed E-state index contributed by atoms with van der Waals surface area (Å²) in [5.74, 6) is 0.186. The van der Waals surface area contributed by atoms with Gasteiger partial charge in [0.25, 0.3) is 0 Å². The number of anilines is 1. The Bertz CT molecular complexity index is 602. The number of amides is 1. The Kier molecular flexibility index (Phi) is 5.51. The fourth-order valence-electron chi connectivity index (χ4n) is 2.98. The summed E-state index contributed by atoms with van der Waals surface area (Å²) < 4.78 is 0. The molecule has 1 aliphatic heterocycles. The maximum Gasteiger partial charge on any atom is 0.228 e. The van der Waals surface area contributed by atoms with Crippen molar-refractivity contribution >= 4 is 11.6 Å². The summed E-state index contributed by atoms with van der Waals surface area (Å²) in [5, 5.41) is 9.63. The van der Waals surface area contributed by atoms with Crippen LogP contribution >= 0.6 is 0 Å². The van der Waals surface area contributed by atoms with Crippen molar-refractivity contribution in [3.63, 3.8) is 0 Å². The molecule has 1 saturated heterocycles. The molecule has 1 aromatic rings. The molecule has 130 valence electrons. The summed E-state index contributed by atoms with van der Waals surface area (Å²) in [6.45, 7) is 8.68. The second-order valence-electron chi connectivity index (χ2n) is 7.60. The molecule has 1 amide bonds. The van der Waals surface area contributed by atoms with E-state index in [0.29, 0.717) is 13.1 Å². The summed E-state index contributed by atoms with van der Waals surface area (Å²) in [6, 6.07) is 10.3. The fraction of sp³-hybridized carbons (Fsp3) is 0.579. The Morgan fingerprint density at radius 2 is 1.67 bits per heavy atom. The first kappa shape index (κ1) is 18.3. The lowest BCUT2D eigenvalue weighted by molar-refractivity contribution is -0.141. The van der Waals surface area contributed by atoms with Crippen molar-refractivity contribution in [2.75, 3.05) is 45.2 Å². The third-order valence-electron chi connectivity index (χ3n) is 4.46. The molecule has 1 unspecified atom stereocenters. The van der Waals surface area contributed by atoms with E-state index in [1.54, 1.807) is 0 Å². The van der Waals surface area contributed by atoms with Crippen LogP contribution in [0.3, 0.4) is 0 Å². The molecule has 1 aromatic carbocycles. The third-order valence-corrected chi connectivity index (χ3v) is 4.46. The van der Waals surface area contributed by atoms with Crippen LogP contribution in [0, 0.1) is 16.7 Å². The van der Waals surface area contributed by atoms with E-state index >= 15 is 0 Å². The van der Waals surface area contributed by atoms with Gasteiger partial charge in [-0.05, 0) is 17.7 Å². The molecule has 0 aliphatic carbocycles. The van der Waals surface area contributed by atoms with Crippen molar-refractivity contribution in [2.24, 2.45) is 5.41 Å². The van der Waals surface area contributed by atoms with Crippen LogP contribution in [0.4, 0.5) is 5.69 Å². The lowest BCUT2D eigenvalue weighted by Crippen LogP contribution is -2.52. The number of carbonyl (C=O) groups excluding carboxylic acids is 1. The molecule has 1 fully saturated rings. The molecule has 0 radical (unpaired) electrons. The van der Waals surface area contributed by atoms with Gasteiger partial charge >= 0.3 is 0 Å². The first-order valence-corrected chi connectivity index (χ1v) is 8.44. The number of piperazine rings is 1. The van der Waals surface area contributed by atoms with Gasteiger partial charge < -0.3 is 9.80 Å². The van der Waals surface area contributed by atoms with Gasteiger partial charge in [0.05, 0.1) is 6.07 Å². The van der Waals surface area contributed by atoms with E-state index in [2.05, 4.69) is 11.0 Å². The molecule has 24 heavy (non-hydrogen) atoms. The third kappa shape index (κ3) is 4.07. The van der Waals surface area contributed by atoms with Crippen LogP contribution in [0.15, 0.2) is 24.3 Å². The first-order chi connectivity index (χ1) is 11.2. The van der Waals surface area contributed by atoms with Gasteiger partial charge in [0, 0.05) is 51.4 Å². The summed E-state index contributed by atoms with van der Waals surface area (Å²) in [4.78, 5) is 18.5. The van der Waals surface area contributed by atoms with Crippen molar-refractivity contribution in [3.05, 3.63) is 29.8 Å². The number of hydrogen-bond donors (Lipinski definition) is 0. The zero-order valence-corrected chi connectivity index (χ0v) is 15.4. The van der Waals surface area contributed by atoms with Crippen LogP contribution in [-0.2, 0) is 4.79 Å². The lowest BCUT2D eigenvalue weighted by atomic mass is 9.94. The normalized spacial score (nSPS) is 17.2. The van der Waals surface area contributed by atoms with Crippen LogP contribution < -0.4 is 4.90 Å². The second kappa shape index (κ2) is 7.23. The summed E-state index contributed by atoms with van der Waals surface area (Å²) >= 11 is 0. The first-order valence-electron chi connectivity index (χ1n) is 8.44. The Labute approximate surface area is 145 Å². The highest BCUT2D eigenvalue weighted by Crippen LogP contribution is 2.25. The molecule has 1 atom stereocenters. The predicted octanol–water partition coefficient (Wildman–Crippen LogP) is 2.51. The quantitative estimate of drug-likeness (QED) is 0.855. The molecule has 0 spiro atoms. The van der Waals surface area contributed by atoms with Gasteiger partial charge in [-0.15, -0.1) is 0 Å². The smallest absolute Gasteiger partial charge is 0.228 e. The fourth-order valence-corrected chi connectivity index (χ4v) is 2.98. The topological polar surface area (TPSA) is 50.6 Å².